The van der Waals surface area contributed by atoms with Gasteiger partial charge in [-0.1, -0.05) is 12.1 Å². The van der Waals surface area contributed by atoms with E-state index in [9.17, 15) is 13.2 Å². The lowest BCUT2D eigenvalue weighted by molar-refractivity contribution is -0.137. The van der Waals surface area contributed by atoms with Crippen molar-refractivity contribution >= 4 is 5.69 Å². The number of hydrogen-bond donors (Lipinski definition) is 2. The fourth-order valence-corrected chi connectivity index (χ4v) is 2.27. The second kappa shape index (κ2) is 4.80. The first kappa shape index (κ1) is 13.2. The van der Waals surface area contributed by atoms with E-state index in [1.165, 1.54) is 12.1 Å². The van der Waals surface area contributed by atoms with Crippen molar-refractivity contribution in [2.45, 2.75) is 31.5 Å². The summed E-state index contributed by atoms with van der Waals surface area (Å²) in [5.41, 5.74) is -0.689. The first-order valence-corrected chi connectivity index (χ1v) is 6.06. The summed E-state index contributed by atoms with van der Waals surface area (Å²) in [7, 11) is 0. The minimum atomic E-state index is -4.31. The van der Waals surface area contributed by atoms with Crippen molar-refractivity contribution in [2.75, 3.05) is 18.4 Å². The molecule has 0 aliphatic carbocycles. The van der Waals surface area contributed by atoms with Crippen LogP contribution in [-0.2, 0) is 6.18 Å². The van der Waals surface area contributed by atoms with Crippen molar-refractivity contribution in [2.24, 2.45) is 0 Å². The smallest absolute Gasteiger partial charge is 0.379 e. The molecule has 1 aromatic rings. The molecule has 0 spiro atoms. The van der Waals surface area contributed by atoms with E-state index in [0.29, 0.717) is 0 Å². The molecule has 100 valence electrons. The third-order valence-electron chi connectivity index (χ3n) is 3.38. The highest BCUT2D eigenvalue weighted by Crippen LogP contribution is 2.36. The number of anilines is 1. The van der Waals surface area contributed by atoms with Crippen LogP contribution in [0.5, 0.6) is 0 Å². The summed E-state index contributed by atoms with van der Waals surface area (Å²) in [5, 5.41) is 6.28. The fraction of sp³-hybridized carbons (Fsp3) is 0.538. The topological polar surface area (TPSA) is 24.1 Å². The number of nitrogens with one attached hydrogen (secondary N) is 2. The largest absolute Gasteiger partial charge is 0.418 e. The van der Waals surface area contributed by atoms with Gasteiger partial charge in [0.05, 0.1) is 5.56 Å². The summed E-state index contributed by atoms with van der Waals surface area (Å²) < 4.78 is 38.6. The van der Waals surface area contributed by atoms with Crippen LogP contribution in [0.2, 0.25) is 0 Å². The van der Waals surface area contributed by atoms with Crippen LogP contribution in [0.4, 0.5) is 18.9 Å². The van der Waals surface area contributed by atoms with Crippen LogP contribution < -0.4 is 10.6 Å². The van der Waals surface area contributed by atoms with Crippen molar-refractivity contribution in [1.82, 2.24) is 5.32 Å². The summed E-state index contributed by atoms with van der Waals surface area (Å²) >= 11 is 0. The standard InChI is InChI=1S/C13H17F3N2/c1-12(6-8-17-9-7-12)18-11-5-3-2-4-10(11)13(14,15)16/h2-5,17-18H,6-9H2,1H3. The molecule has 5 heteroatoms. The Morgan fingerprint density at radius 3 is 2.39 bits per heavy atom. The zero-order valence-electron chi connectivity index (χ0n) is 10.3. The maximum atomic E-state index is 12.9. The number of halogens is 3. The normalized spacial score (nSPS) is 19.6. The molecule has 0 radical (unpaired) electrons. The van der Waals surface area contributed by atoms with Gasteiger partial charge in [-0.2, -0.15) is 13.2 Å². The summed E-state index contributed by atoms with van der Waals surface area (Å²) in [6.07, 6.45) is -2.68. The third-order valence-corrected chi connectivity index (χ3v) is 3.38. The molecule has 1 saturated heterocycles. The fourth-order valence-electron chi connectivity index (χ4n) is 2.27. The first-order chi connectivity index (χ1) is 8.41. The average molecular weight is 258 g/mol. The van der Waals surface area contributed by atoms with Gasteiger partial charge in [0.15, 0.2) is 0 Å². The van der Waals surface area contributed by atoms with Crippen molar-refractivity contribution in [3.63, 3.8) is 0 Å². The Bertz CT molecular complexity index is 409. The van der Waals surface area contributed by atoms with Gasteiger partial charge in [-0.15, -0.1) is 0 Å². The number of rotatable bonds is 2. The van der Waals surface area contributed by atoms with Crippen molar-refractivity contribution in [3.05, 3.63) is 29.8 Å². The molecule has 0 unspecified atom stereocenters. The summed E-state index contributed by atoms with van der Waals surface area (Å²) in [6, 6.07) is 5.66. The summed E-state index contributed by atoms with van der Waals surface area (Å²) in [4.78, 5) is 0. The van der Waals surface area contributed by atoms with Gasteiger partial charge in [0.2, 0.25) is 0 Å². The quantitative estimate of drug-likeness (QED) is 0.850. The van der Waals surface area contributed by atoms with Gasteiger partial charge >= 0.3 is 6.18 Å². The predicted octanol–water partition coefficient (Wildman–Crippen LogP) is 3.26. The lowest BCUT2D eigenvalue weighted by atomic mass is 9.90. The zero-order chi connectivity index (χ0) is 13.2. The van der Waals surface area contributed by atoms with Crippen LogP contribution in [0.1, 0.15) is 25.3 Å². The molecule has 2 rings (SSSR count). The van der Waals surface area contributed by atoms with Gasteiger partial charge in [-0.25, -0.2) is 0 Å². The minimum Gasteiger partial charge on any atom is -0.379 e. The van der Waals surface area contributed by atoms with E-state index in [1.807, 2.05) is 6.92 Å². The average Bonchev–Trinajstić information content (AvgIpc) is 2.28. The predicted molar refractivity (Wildman–Crippen MR) is 65.6 cm³/mol. The highest BCUT2D eigenvalue weighted by atomic mass is 19.4. The molecule has 1 aliphatic rings. The summed E-state index contributed by atoms with van der Waals surface area (Å²) in [5.74, 6) is 0. The Hall–Kier alpha value is -1.23. The molecule has 1 aromatic carbocycles. The number of alkyl halides is 3. The molecule has 0 amide bonds. The van der Waals surface area contributed by atoms with Crippen LogP contribution in [0.15, 0.2) is 24.3 Å². The maximum Gasteiger partial charge on any atom is 0.418 e. The minimum absolute atomic E-state index is 0.175. The van der Waals surface area contributed by atoms with Gasteiger partial charge in [0.25, 0.3) is 0 Å². The first-order valence-electron chi connectivity index (χ1n) is 6.06. The monoisotopic (exact) mass is 258 g/mol. The van der Waals surface area contributed by atoms with Crippen LogP contribution in [0, 0.1) is 0 Å². The molecule has 1 heterocycles. The zero-order valence-corrected chi connectivity index (χ0v) is 10.3. The van der Waals surface area contributed by atoms with E-state index in [4.69, 9.17) is 0 Å². The Kier molecular flexibility index (Phi) is 3.52. The molecule has 0 atom stereocenters. The van der Waals surface area contributed by atoms with Crippen LogP contribution in [-0.4, -0.2) is 18.6 Å². The molecule has 1 aliphatic heterocycles. The van der Waals surface area contributed by atoms with Crippen LogP contribution in [0.25, 0.3) is 0 Å². The highest BCUT2D eigenvalue weighted by Gasteiger charge is 2.35. The van der Waals surface area contributed by atoms with Crippen molar-refractivity contribution in [3.8, 4) is 0 Å². The van der Waals surface area contributed by atoms with Crippen molar-refractivity contribution < 1.29 is 13.2 Å². The molecule has 2 nitrogen and oxygen atoms in total. The van der Waals surface area contributed by atoms with Crippen molar-refractivity contribution in [1.29, 1.82) is 0 Å². The van der Waals surface area contributed by atoms with E-state index >= 15 is 0 Å². The second-order valence-electron chi connectivity index (χ2n) is 4.98. The third kappa shape index (κ3) is 2.96. The van der Waals surface area contributed by atoms with Crippen LogP contribution in [0.3, 0.4) is 0 Å². The van der Waals surface area contributed by atoms with E-state index < -0.39 is 11.7 Å². The van der Waals surface area contributed by atoms with Gasteiger partial charge in [-0.3, -0.25) is 0 Å². The molecular weight excluding hydrogens is 241 g/mol. The van der Waals surface area contributed by atoms with E-state index in [-0.39, 0.29) is 11.2 Å². The number of piperidine rings is 1. The Morgan fingerprint density at radius 2 is 1.78 bits per heavy atom. The number of benzene rings is 1. The molecule has 18 heavy (non-hydrogen) atoms. The van der Waals surface area contributed by atoms with Gasteiger partial charge in [0, 0.05) is 11.2 Å². The molecular formula is C13H17F3N2. The molecule has 0 aromatic heterocycles. The highest BCUT2D eigenvalue weighted by molar-refractivity contribution is 5.54. The molecule has 2 N–H and O–H groups in total. The van der Waals surface area contributed by atoms with Crippen LogP contribution >= 0.6 is 0 Å². The molecule has 0 saturated carbocycles. The number of hydrogen-bond acceptors (Lipinski definition) is 2. The Labute approximate surface area is 105 Å². The van der Waals surface area contributed by atoms with E-state index in [1.54, 1.807) is 6.07 Å². The summed E-state index contributed by atoms with van der Waals surface area (Å²) in [6.45, 7) is 3.64. The second-order valence-corrected chi connectivity index (χ2v) is 4.98. The van der Waals surface area contributed by atoms with E-state index in [2.05, 4.69) is 10.6 Å². The maximum absolute atomic E-state index is 12.9. The SMILES string of the molecule is CC1(Nc2ccccc2C(F)(F)F)CCNCC1. The lowest BCUT2D eigenvalue weighted by Gasteiger charge is -2.36. The Morgan fingerprint density at radius 1 is 1.17 bits per heavy atom. The van der Waals surface area contributed by atoms with E-state index in [0.717, 1.165) is 32.0 Å². The molecule has 0 bridgehead atoms. The molecule has 1 fully saturated rings. The van der Waals surface area contributed by atoms with Gasteiger partial charge in [-0.05, 0) is 45.0 Å². The van der Waals surface area contributed by atoms with Gasteiger partial charge in [0.1, 0.15) is 0 Å². The number of para-hydroxylation sites is 1. The van der Waals surface area contributed by atoms with Gasteiger partial charge < -0.3 is 10.6 Å². The lowest BCUT2D eigenvalue weighted by Crippen LogP contribution is -2.45. The Balaban J connectivity index is 2.23.